The van der Waals surface area contributed by atoms with Gasteiger partial charge in [-0.25, -0.2) is 0 Å². The molecule has 0 atom stereocenters. The van der Waals surface area contributed by atoms with Crippen LogP contribution >= 0.6 is 11.6 Å². The monoisotopic (exact) mass is 142 g/mol. The first kappa shape index (κ1) is 8.18. The van der Waals surface area contributed by atoms with E-state index in [1.54, 1.807) is 0 Å². The molecule has 0 aromatic carbocycles. The van der Waals surface area contributed by atoms with E-state index in [-0.39, 0.29) is 0 Å². The Labute approximate surface area is 59.3 Å². The first-order valence-electron chi connectivity index (χ1n) is 2.35. The SMILES string of the molecule is C=CC(=C)/C=C/C(=O)Cl. The Morgan fingerprint density at radius 3 is 2.33 bits per heavy atom. The molecule has 9 heavy (non-hydrogen) atoms. The Bertz CT molecular complexity index is 168. The summed E-state index contributed by atoms with van der Waals surface area (Å²) in [4.78, 5) is 10.1. The molecule has 0 amide bonds. The normalized spacial score (nSPS) is 9.44. The maximum Gasteiger partial charge on any atom is 0.245 e. The molecule has 0 rings (SSSR count). The number of hydrogen-bond donors (Lipinski definition) is 0. The molecule has 0 heterocycles. The topological polar surface area (TPSA) is 17.1 Å². The molecule has 0 aliphatic carbocycles. The fourth-order valence-corrected chi connectivity index (χ4v) is 0.304. The van der Waals surface area contributed by atoms with Gasteiger partial charge >= 0.3 is 0 Å². The third-order valence-corrected chi connectivity index (χ3v) is 0.817. The second-order valence-electron chi connectivity index (χ2n) is 1.42. The molecule has 0 unspecified atom stereocenters. The quantitative estimate of drug-likeness (QED) is 0.335. The van der Waals surface area contributed by atoms with E-state index in [4.69, 9.17) is 11.6 Å². The molecular formula is C7H7ClO. The first-order valence-corrected chi connectivity index (χ1v) is 2.73. The van der Waals surface area contributed by atoms with Crippen molar-refractivity contribution >= 4 is 16.8 Å². The molecule has 0 saturated carbocycles. The summed E-state index contributed by atoms with van der Waals surface area (Å²) in [6.07, 6.45) is 4.27. The summed E-state index contributed by atoms with van der Waals surface area (Å²) in [5, 5.41) is -0.502. The molecule has 0 aromatic heterocycles. The van der Waals surface area contributed by atoms with Gasteiger partial charge in [-0.2, -0.15) is 0 Å². The fourth-order valence-electron chi connectivity index (χ4n) is 0.241. The van der Waals surface area contributed by atoms with E-state index in [0.717, 1.165) is 0 Å². The summed E-state index contributed by atoms with van der Waals surface area (Å²) in [7, 11) is 0. The zero-order valence-electron chi connectivity index (χ0n) is 4.93. The lowest BCUT2D eigenvalue weighted by Crippen LogP contribution is -1.74. The van der Waals surface area contributed by atoms with Gasteiger partial charge in [0.2, 0.25) is 5.24 Å². The second-order valence-corrected chi connectivity index (χ2v) is 1.79. The highest BCUT2D eigenvalue weighted by molar-refractivity contribution is 6.66. The Morgan fingerprint density at radius 2 is 2.00 bits per heavy atom. The van der Waals surface area contributed by atoms with Crippen LogP contribution in [0.2, 0.25) is 0 Å². The van der Waals surface area contributed by atoms with Gasteiger partial charge in [-0.05, 0) is 23.3 Å². The molecule has 48 valence electrons. The van der Waals surface area contributed by atoms with E-state index in [1.807, 2.05) is 0 Å². The molecule has 0 aromatic rings. The smallest absolute Gasteiger partial charge is 0.245 e. The summed E-state index contributed by atoms with van der Waals surface area (Å²) >= 11 is 4.98. The molecule has 0 saturated heterocycles. The van der Waals surface area contributed by atoms with Gasteiger partial charge in [0.15, 0.2) is 0 Å². The Morgan fingerprint density at radius 1 is 1.44 bits per heavy atom. The molecule has 0 fully saturated rings. The lowest BCUT2D eigenvalue weighted by molar-refractivity contribution is -0.107. The minimum atomic E-state index is -0.502. The van der Waals surface area contributed by atoms with Crippen molar-refractivity contribution in [1.29, 1.82) is 0 Å². The molecule has 0 aliphatic rings. The number of carbonyl (C=O) groups is 1. The van der Waals surface area contributed by atoms with Gasteiger partial charge in [0.1, 0.15) is 0 Å². The van der Waals surface area contributed by atoms with Crippen LogP contribution in [0, 0.1) is 0 Å². The highest BCUT2D eigenvalue weighted by Gasteiger charge is 1.83. The van der Waals surface area contributed by atoms with Crippen molar-refractivity contribution in [3.05, 3.63) is 37.0 Å². The van der Waals surface area contributed by atoms with Crippen LogP contribution in [-0.2, 0) is 4.79 Å². The lowest BCUT2D eigenvalue weighted by atomic mass is 10.3. The van der Waals surface area contributed by atoms with Crippen molar-refractivity contribution in [2.24, 2.45) is 0 Å². The lowest BCUT2D eigenvalue weighted by Gasteiger charge is -1.81. The van der Waals surface area contributed by atoms with Crippen molar-refractivity contribution < 1.29 is 4.79 Å². The number of rotatable bonds is 3. The van der Waals surface area contributed by atoms with Crippen molar-refractivity contribution in [2.45, 2.75) is 0 Å². The number of allylic oxidation sites excluding steroid dienone is 4. The Balaban J connectivity index is 3.85. The van der Waals surface area contributed by atoms with Crippen molar-refractivity contribution in [3.8, 4) is 0 Å². The van der Waals surface area contributed by atoms with Gasteiger partial charge in [0, 0.05) is 0 Å². The van der Waals surface area contributed by atoms with Crippen LogP contribution in [0.5, 0.6) is 0 Å². The van der Waals surface area contributed by atoms with Crippen LogP contribution in [0.3, 0.4) is 0 Å². The number of carbonyl (C=O) groups excluding carboxylic acids is 1. The molecule has 2 heteroatoms. The Kier molecular flexibility index (Phi) is 3.72. The zero-order valence-corrected chi connectivity index (χ0v) is 5.69. The highest BCUT2D eigenvalue weighted by atomic mass is 35.5. The van der Waals surface area contributed by atoms with Crippen LogP contribution in [0.1, 0.15) is 0 Å². The minimum absolute atomic E-state index is 0.502. The van der Waals surface area contributed by atoms with E-state index >= 15 is 0 Å². The fraction of sp³-hybridized carbons (Fsp3) is 0. The average Bonchev–Trinajstić information content (AvgIpc) is 1.83. The number of hydrogen-bond acceptors (Lipinski definition) is 1. The van der Waals surface area contributed by atoms with Gasteiger partial charge in [0.25, 0.3) is 0 Å². The second kappa shape index (κ2) is 4.10. The van der Waals surface area contributed by atoms with E-state index in [9.17, 15) is 4.79 Å². The van der Waals surface area contributed by atoms with Gasteiger partial charge in [-0.1, -0.05) is 25.3 Å². The van der Waals surface area contributed by atoms with E-state index in [1.165, 1.54) is 18.2 Å². The maximum absolute atomic E-state index is 10.1. The zero-order chi connectivity index (χ0) is 7.28. The molecule has 0 bridgehead atoms. The highest BCUT2D eigenvalue weighted by Crippen LogP contribution is 1.93. The molecule has 0 aliphatic heterocycles. The molecule has 0 spiro atoms. The predicted octanol–water partition coefficient (Wildman–Crippen LogP) is 2.05. The summed E-state index contributed by atoms with van der Waals surface area (Å²) in [6, 6.07) is 0. The van der Waals surface area contributed by atoms with Gasteiger partial charge in [-0.15, -0.1) is 0 Å². The Hall–Kier alpha value is -0.820. The predicted molar refractivity (Wildman–Crippen MR) is 39.3 cm³/mol. The van der Waals surface area contributed by atoms with E-state index < -0.39 is 5.24 Å². The third kappa shape index (κ3) is 5.04. The summed E-state index contributed by atoms with van der Waals surface area (Å²) < 4.78 is 0. The molecule has 1 nitrogen and oxygen atoms in total. The van der Waals surface area contributed by atoms with Crippen LogP contribution in [0.15, 0.2) is 37.0 Å². The summed E-state index contributed by atoms with van der Waals surface area (Å²) in [6.45, 7) is 6.96. The average molecular weight is 143 g/mol. The van der Waals surface area contributed by atoms with Gasteiger partial charge < -0.3 is 0 Å². The summed E-state index contributed by atoms with van der Waals surface area (Å²) in [5.74, 6) is 0. The van der Waals surface area contributed by atoms with Crippen molar-refractivity contribution in [1.82, 2.24) is 0 Å². The molecular weight excluding hydrogens is 136 g/mol. The van der Waals surface area contributed by atoms with E-state index in [2.05, 4.69) is 13.2 Å². The number of halogens is 1. The van der Waals surface area contributed by atoms with Crippen LogP contribution in [-0.4, -0.2) is 5.24 Å². The minimum Gasteiger partial charge on any atom is -0.276 e. The molecule has 0 N–H and O–H groups in total. The van der Waals surface area contributed by atoms with Crippen molar-refractivity contribution in [3.63, 3.8) is 0 Å². The largest absolute Gasteiger partial charge is 0.276 e. The van der Waals surface area contributed by atoms with Crippen molar-refractivity contribution in [2.75, 3.05) is 0 Å². The summed E-state index contributed by atoms with van der Waals surface area (Å²) in [5.41, 5.74) is 0.670. The van der Waals surface area contributed by atoms with Crippen LogP contribution < -0.4 is 0 Å². The molecule has 0 radical (unpaired) electrons. The first-order chi connectivity index (χ1) is 4.16. The maximum atomic E-state index is 10.1. The van der Waals surface area contributed by atoms with Crippen LogP contribution in [0.4, 0.5) is 0 Å². The third-order valence-electron chi connectivity index (χ3n) is 0.691. The van der Waals surface area contributed by atoms with Crippen LogP contribution in [0.25, 0.3) is 0 Å². The van der Waals surface area contributed by atoms with Gasteiger partial charge in [0.05, 0.1) is 0 Å². The standard InChI is InChI=1S/C7H7ClO/c1-3-6(2)4-5-7(8)9/h3-5H,1-2H2/b5-4+. The van der Waals surface area contributed by atoms with Gasteiger partial charge in [-0.3, -0.25) is 4.79 Å². The van der Waals surface area contributed by atoms with E-state index in [0.29, 0.717) is 5.57 Å².